The van der Waals surface area contributed by atoms with Gasteiger partial charge in [-0.05, 0) is 129 Å². The third-order valence-corrected chi connectivity index (χ3v) is 17.4. The number of fused-ring (bicyclic) bond motifs is 2. The quantitative estimate of drug-likeness (QED) is 0.202. The van der Waals surface area contributed by atoms with Crippen molar-refractivity contribution in [3.63, 3.8) is 0 Å². The fraction of sp³-hybridized carbons (Fsp3) is 0.886. The predicted molar refractivity (Wildman–Crippen MR) is 178 cm³/mol. The molecule has 0 spiro atoms. The van der Waals surface area contributed by atoms with Gasteiger partial charge in [0.15, 0.2) is 0 Å². The smallest absolute Gasteiger partial charge is 0.148 e. The van der Waals surface area contributed by atoms with Crippen LogP contribution in [0.25, 0.3) is 0 Å². The van der Waals surface area contributed by atoms with Crippen LogP contribution in [0, 0.1) is 23.7 Å². The summed E-state index contributed by atoms with van der Waals surface area (Å²) in [6.45, 7) is 24.7. The predicted octanol–water partition coefficient (Wildman–Crippen LogP) is 10.2. The molecule has 2 fully saturated rings. The van der Waals surface area contributed by atoms with Crippen molar-refractivity contribution in [2.24, 2.45) is 23.7 Å². The van der Waals surface area contributed by atoms with Crippen LogP contribution >= 0.6 is 0 Å². The van der Waals surface area contributed by atoms with E-state index in [0.717, 1.165) is 23.7 Å². The second-order valence-corrected chi connectivity index (χ2v) is 25.4. The Morgan fingerprint density at radius 2 is 0.923 bits per heavy atom. The lowest BCUT2D eigenvalue weighted by atomic mass is 9.81. The van der Waals surface area contributed by atoms with Crippen LogP contribution in [0.15, 0.2) is 21.5 Å². The van der Waals surface area contributed by atoms with E-state index >= 15 is 0 Å². The molecule has 4 atom stereocenters. The monoisotopic (exact) mass is 570 g/mol. The first-order chi connectivity index (χ1) is 18.1. The Morgan fingerprint density at radius 1 is 0.564 bits per heavy atom. The first kappa shape index (κ1) is 31.8. The third-order valence-electron chi connectivity index (χ3n) is 10.5. The zero-order chi connectivity index (χ0) is 28.6. The largest absolute Gasteiger partial charge is 0.329 e. The molecule has 2 saturated carbocycles. The summed E-state index contributed by atoms with van der Waals surface area (Å²) in [6.07, 6.45) is 21.6. The standard InChI is InChI=1S/C35H66N2Si2/c1-34(2,3)36-38(7,8)32-28(24-26-18-14-16-22-30(26)32)20-12-11-13-21-29-25-27-19-15-17-23-31(27)33(29)39(9,10)37-35(4,5)6/h26-27,30-31,36-37H,11-25H2,1-10H3. The van der Waals surface area contributed by atoms with Gasteiger partial charge in [-0.15, -0.1) is 0 Å². The molecule has 0 amide bonds. The van der Waals surface area contributed by atoms with E-state index in [4.69, 9.17) is 0 Å². The van der Waals surface area contributed by atoms with Crippen molar-refractivity contribution in [1.82, 2.24) is 9.96 Å². The molecule has 0 saturated heterocycles. The maximum Gasteiger partial charge on any atom is 0.148 e. The van der Waals surface area contributed by atoms with E-state index in [-0.39, 0.29) is 11.1 Å². The van der Waals surface area contributed by atoms with E-state index in [1.54, 1.807) is 0 Å². The Balaban J connectivity index is 1.42. The molecule has 39 heavy (non-hydrogen) atoms. The number of hydrogen-bond acceptors (Lipinski definition) is 2. The lowest BCUT2D eigenvalue weighted by Crippen LogP contribution is -2.57. The summed E-state index contributed by atoms with van der Waals surface area (Å²) < 4.78 is 0. The Labute approximate surface area is 246 Å². The summed E-state index contributed by atoms with van der Waals surface area (Å²) in [4.78, 5) is 8.34. The van der Waals surface area contributed by atoms with E-state index in [0.29, 0.717) is 0 Å². The number of hydrogen-bond donors (Lipinski definition) is 2. The molecule has 2 nitrogen and oxygen atoms in total. The lowest BCUT2D eigenvalue weighted by molar-refractivity contribution is 0.297. The van der Waals surface area contributed by atoms with Crippen molar-refractivity contribution in [2.75, 3.05) is 0 Å². The highest BCUT2D eigenvalue weighted by atomic mass is 28.3. The SMILES string of the molecule is CC(C)(C)N[Si](C)(C)C1=C(CCCCCC2=C([Si](C)(C)NC(C)(C)C)C3CCCCC3C2)CC2CCCCC12. The van der Waals surface area contributed by atoms with Gasteiger partial charge in [0.05, 0.1) is 0 Å². The highest BCUT2D eigenvalue weighted by Gasteiger charge is 2.45. The zero-order valence-electron chi connectivity index (χ0n) is 27.9. The van der Waals surface area contributed by atoms with Gasteiger partial charge in [-0.25, -0.2) is 0 Å². The fourth-order valence-electron chi connectivity index (χ4n) is 10.2. The molecule has 0 bridgehead atoms. The molecule has 4 unspecified atom stereocenters. The molecule has 0 heterocycles. The molecule has 0 aromatic heterocycles. The van der Waals surface area contributed by atoms with E-state index in [1.807, 2.05) is 21.5 Å². The van der Waals surface area contributed by atoms with E-state index in [2.05, 4.69) is 77.7 Å². The van der Waals surface area contributed by atoms with Gasteiger partial charge in [-0.1, -0.05) is 79.8 Å². The number of unbranched alkanes of at least 4 members (excludes halogenated alkanes) is 2. The van der Waals surface area contributed by atoms with Crippen LogP contribution in [0.1, 0.15) is 138 Å². The van der Waals surface area contributed by atoms with Gasteiger partial charge in [0, 0.05) is 11.1 Å². The number of rotatable bonds is 10. The first-order valence-electron chi connectivity index (χ1n) is 17.1. The minimum Gasteiger partial charge on any atom is -0.329 e. The molecule has 0 radical (unpaired) electrons. The molecule has 4 rings (SSSR count). The Bertz CT molecular complexity index is 840. The second-order valence-electron chi connectivity index (χ2n) is 17.3. The Kier molecular flexibility index (Phi) is 9.95. The average molecular weight is 571 g/mol. The number of allylic oxidation sites excluding steroid dienone is 4. The van der Waals surface area contributed by atoms with Gasteiger partial charge in [-0.3, -0.25) is 0 Å². The maximum absolute atomic E-state index is 4.17. The molecule has 224 valence electrons. The number of nitrogens with one attached hydrogen (secondary N) is 2. The van der Waals surface area contributed by atoms with Crippen LogP contribution in [-0.2, 0) is 0 Å². The van der Waals surface area contributed by atoms with Crippen LogP contribution in [0.4, 0.5) is 0 Å². The van der Waals surface area contributed by atoms with Crippen LogP contribution < -0.4 is 9.96 Å². The molecule has 4 aliphatic rings. The van der Waals surface area contributed by atoms with Crippen LogP contribution in [-0.4, -0.2) is 27.5 Å². The second kappa shape index (κ2) is 12.2. The summed E-state index contributed by atoms with van der Waals surface area (Å²) in [7, 11) is -3.23. The highest BCUT2D eigenvalue weighted by Crippen LogP contribution is 2.51. The van der Waals surface area contributed by atoms with Crippen molar-refractivity contribution in [2.45, 2.75) is 175 Å². The highest BCUT2D eigenvalue weighted by molar-refractivity contribution is 6.82. The topological polar surface area (TPSA) is 24.1 Å². The molecule has 0 aliphatic heterocycles. The molecule has 0 aromatic rings. The van der Waals surface area contributed by atoms with Crippen LogP contribution in [0.2, 0.25) is 26.2 Å². The van der Waals surface area contributed by atoms with Crippen molar-refractivity contribution >= 4 is 16.5 Å². The molecular formula is C35H66N2Si2. The molecule has 2 N–H and O–H groups in total. The summed E-state index contributed by atoms with van der Waals surface area (Å²) in [5, 5.41) is 3.93. The normalized spacial score (nSPS) is 28.8. The average Bonchev–Trinajstić information content (AvgIpc) is 3.34. The van der Waals surface area contributed by atoms with Crippen LogP contribution in [0.3, 0.4) is 0 Å². The minimum atomic E-state index is -1.61. The summed E-state index contributed by atoms with van der Waals surface area (Å²) in [5.41, 5.74) is 4.25. The summed E-state index contributed by atoms with van der Waals surface area (Å²) >= 11 is 0. The molecular weight excluding hydrogens is 505 g/mol. The fourth-order valence-corrected chi connectivity index (χ4v) is 19.0. The van der Waals surface area contributed by atoms with Gasteiger partial charge in [0.2, 0.25) is 0 Å². The zero-order valence-corrected chi connectivity index (χ0v) is 29.9. The van der Waals surface area contributed by atoms with E-state index < -0.39 is 16.5 Å². The molecule has 4 aliphatic carbocycles. The van der Waals surface area contributed by atoms with Gasteiger partial charge < -0.3 is 9.96 Å². The van der Waals surface area contributed by atoms with Crippen molar-refractivity contribution in [3.8, 4) is 0 Å². The Hall–Kier alpha value is -0.166. The third kappa shape index (κ3) is 8.02. The van der Waals surface area contributed by atoms with Gasteiger partial charge >= 0.3 is 0 Å². The summed E-state index contributed by atoms with van der Waals surface area (Å²) in [5.74, 6) is 3.74. The van der Waals surface area contributed by atoms with Crippen LogP contribution in [0.5, 0.6) is 0 Å². The Morgan fingerprint density at radius 3 is 1.28 bits per heavy atom. The van der Waals surface area contributed by atoms with Crippen molar-refractivity contribution in [3.05, 3.63) is 21.5 Å². The first-order valence-corrected chi connectivity index (χ1v) is 23.1. The molecule has 4 heteroatoms. The van der Waals surface area contributed by atoms with Gasteiger partial charge in [0.25, 0.3) is 0 Å². The van der Waals surface area contributed by atoms with E-state index in [9.17, 15) is 0 Å². The molecule has 0 aromatic carbocycles. The van der Waals surface area contributed by atoms with Gasteiger partial charge in [0.1, 0.15) is 16.5 Å². The van der Waals surface area contributed by atoms with E-state index in [1.165, 1.54) is 96.3 Å². The van der Waals surface area contributed by atoms with Crippen molar-refractivity contribution in [1.29, 1.82) is 0 Å². The van der Waals surface area contributed by atoms with Gasteiger partial charge in [-0.2, -0.15) is 0 Å². The minimum absolute atomic E-state index is 0.212. The summed E-state index contributed by atoms with van der Waals surface area (Å²) in [6, 6.07) is 0. The lowest BCUT2D eigenvalue weighted by Gasteiger charge is -2.39. The van der Waals surface area contributed by atoms with Crippen molar-refractivity contribution < 1.29 is 0 Å². The maximum atomic E-state index is 4.17.